The SMILES string of the molecule is O=C(Nc1ccc2[nH]c(=O)[nH]c2c1)c1cc(Br)ccc1Br. The van der Waals surface area contributed by atoms with Crippen molar-refractivity contribution < 1.29 is 4.79 Å². The van der Waals surface area contributed by atoms with Gasteiger partial charge in [-0.1, -0.05) is 15.9 Å². The average molecular weight is 411 g/mol. The third-order valence-corrected chi connectivity index (χ3v) is 4.13. The molecule has 2 aromatic carbocycles. The van der Waals surface area contributed by atoms with Crippen LogP contribution in [0.3, 0.4) is 0 Å². The predicted octanol–water partition coefficient (Wildman–Crippen LogP) is 3.63. The number of hydrogen-bond donors (Lipinski definition) is 3. The lowest BCUT2D eigenvalue weighted by Gasteiger charge is -2.07. The monoisotopic (exact) mass is 409 g/mol. The van der Waals surface area contributed by atoms with Gasteiger partial charge in [0.15, 0.2) is 0 Å². The highest BCUT2D eigenvalue weighted by Crippen LogP contribution is 2.23. The van der Waals surface area contributed by atoms with E-state index in [1.807, 2.05) is 6.07 Å². The van der Waals surface area contributed by atoms with Crippen molar-refractivity contribution in [1.82, 2.24) is 9.97 Å². The smallest absolute Gasteiger partial charge is 0.322 e. The Bertz CT molecular complexity index is 899. The molecule has 5 nitrogen and oxygen atoms in total. The van der Waals surface area contributed by atoms with Crippen LogP contribution in [0.25, 0.3) is 11.0 Å². The number of amides is 1. The summed E-state index contributed by atoms with van der Waals surface area (Å²) in [6, 6.07) is 10.5. The molecule has 3 N–H and O–H groups in total. The molecule has 1 aromatic heterocycles. The second kappa shape index (κ2) is 5.50. The van der Waals surface area contributed by atoms with E-state index < -0.39 is 0 Å². The zero-order valence-electron chi connectivity index (χ0n) is 10.5. The van der Waals surface area contributed by atoms with Gasteiger partial charge in [0.2, 0.25) is 0 Å². The molecular weight excluding hydrogens is 402 g/mol. The quantitative estimate of drug-likeness (QED) is 0.603. The van der Waals surface area contributed by atoms with E-state index in [-0.39, 0.29) is 11.6 Å². The van der Waals surface area contributed by atoms with Crippen LogP contribution in [0.1, 0.15) is 10.4 Å². The molecule has 7 heteroatoms. The van der Waals surface area contributed by atoms with E-state index in [0.717, 1.165) is 4.47 Å². The van der Waals surface area contributed by atoms with Crippen LogP contribution in [0.4, 0.5) is 5.69 Å². The Balaban J connectivity index is 1.92. The summed E-state index contributed by atoms with van der Waals surface area (Å²) in [4.78, 5) is 28.8. The van der Waals surface area contributed by atoms with Crippen LogP contribution in [0, 0.1) is 0 Å². The molecule has 0 unspecified atom stereocenters. The van der Waals surface area contributed by atoms with Crippen molar-refractivity contribution in [3.63, 3.8) is 0 Å². The van der Waals surface area contributed by atoms with Gasteiger partial charge in [-0.3, -0.25) is 4.79 Å². The highest BCUT2D eigenvalue weighted by Gasteiger charge is 2.11. The summed E-state index contributed by atoms with van der Waals surface area (Å²) in [5.74, 6) is -0.236. The molecule has 0 atom stereocenters. The maximum absolute atomic E-state index is 12.3. The number of nitrogens with one attached hydrogen (secondary N) is 3. The molecule has 0 fully saturated rings. The average Bonchev–Trinajstić information content (AvgIpc) is 2.80. The Labute approximate surface area is 136 Å². The molecule has 0 aliphatic carbocycles. The number of carbonyl (C=O) groups excluding carboxylic acids is 1. The number of benzene rings is 2. The van der Waals surface area contributed by atoms with Gasteiger partial charge in [-0.05, 0) is 52.3 Å². The summed E-state index contributed by atoms with van der Waals surface area (Å²) in [7, 11) is 0. The number of aromatic nitrogens is 2. The van der Waals surface area contributed by atoms with Gasteiger partial charge < -0.3 is 15.3 Å². The van der Waals surface area contributed by atoms with E-state index in [1.165, 1.54) is 0 Å². The van der Waals surface area contributed by atoms with Crippen LogP contribution in [-0.2, 0) is 0 Å². The molecule has 0 saturated heterocycles. The van der Waals surface area contributed by atoms with Crippen LogP contribution >= 0.6 is 31.9 Å². The molecule has 3 aromatic rings. The summed E-state index contributed by atoms with van der Waals surface area (Å²) < 4.78 is 1.53. The molecule has 0 aliphatic rings. The molecule has 0 aliphatic heterocycles. The van der Waals surface area contributed by atoms with Gasteiger partial charge in [0.05, 0.1) is 16.6 Å². The molecule has 3 rings (SSSR count). The fourth-order valence-corrected chi connectivity index (χ4v) is 2.77. The van der Waals surface area contributed by atoms with Crippen LogP contribution in [0.5, 0.6) is 0 Å². The minimum absolute atomic E-state index is 0.236. The summed E-state index contributed by atoms with van der Waals surface area (Å²) in [6.45, 7) is 0. The Kier molecular flexibility index (Phi) is 3.69. The Morgan fingerprint density at radius 3 is 2.57 bits per heavy atom. The molecule has 0 spiro atoms. The summed E-state index contributed by atoms with van der Waals surface area (Å²) in [5, 5.41) is 2.80. The van der Waals surface area contributed by atoms with Crippen molar-refractivity contribution in [2.45, 2.75) is 0 Å². The van der Waals surface area contributed by atoms with Gasteiger partial charge >= 0.3 is 5.69 Å². The highest BCUT2D eigenvalue weighted by atomic mass is 79.9. The van der Waals surface area contributed by atoms with E-state index in [0.29, 0.717) is 26.8 Å². The van der Waals surface area contributed by atoms with Gasteiger partial charge in [-0.15, -0.1) is 0 Å². The van der Waals surface area contributed by atoms with Gasteiger partial charge in [0.25, 0.3) is 5.91 Å². The normalized spacial score (nSPS) is 10.8. The third-order valence-electron chi connectivity index (χ3n) is 2.95. The first-order valence-electron chi connectivity index (χ1n) is 6.01. The number of anilines is 1. The lowest BCUT2D eigenvalue weighted by Crippen LogP contribution is -2.12. The molecule has 21 heavy (non-hydrogen) atoms. The number of aromatic amines is 2. The second-order valence-corrected chi connectivity index (χ2v) is 6.19. The first kappa shape index (κ1) is 14.1. The zero-order valence-corrected chi connectivity index (χ0v) is 13.7. The van der Waals surface area contributed by atoms with Crippen molar-refractivity contribution in [3.8, 4) is 0 Å². The molecule has 106 valence electrons. The number of fused-ring (bicyclic) bond motifs is 1. The number of halogens is 2. The highest BCUT2D eigenvalue weighted by molar-refractivity contribution is 9.11. The van der Waals surface area contributed by atoms with E-state index in [4.69, 9.17) is 0 Å². The number of rotatable bonds is 2. The number of imidazole rings is 1. The predicted molar refractivity (Wildman–Crippen MR) is 88.7 cm³/mol. The Hall–Kier alpha value is -1.86. The first-order valence-corrected chi connectivity index (χ1v) is 7.60. The fraction of sp³-hybridized carbons (Fsp3) is 0. The van der Waals surface area contributed by atoms with Crippen molar-refractivity contribution in [2.24, 2.45) is 0 Å². The van der Waals surface area contributed by atoms with Crippen molar-refractivity contribution in [2.75, 3.05) is 5.32 Å². The van der Waals surface area contributed by atoms with Gasteiger partial charge in [0.1, 0.15) is 0 Å². The minimum Gasteiger partial charge on any atom is -0.322 e. The van der Waals surface area contributed by atoms with Gasteiger partial charge in [-0.25, -0.2) is 4.79 Å². The maximum atomic E-state index is 12.3. The lowest BCUT2D eigenvalue weighted by atomic mass is 10.2. The minimum atomic E-state index is -0.275. The topological polar surface area (TPSA) is 77.8 Å². The molecule has 0 radical (unpaired) electrons. The van der Waals surface area contributed by atoms with E-state index in [9.17, 15) is 9.59 Å². The zero-order chi connectivity index (χ0) is 15.0. The van der Waals surface area contributed by atoms with Crippen LogP contribution in [0.2, 0.25) is 0 Å². The summed E-state index contributed by atoms with van der Waals surface area (Å²) in [6.07, 6.45) is 0. The largest absolute Gasteiger partial charge is 0.323 e. The molecule has 1 heterocycles. The van der Waals surface area contributed by atoms with Crippen LogP contribution in [-0.4, -0.2) is 15.9 Å². The molecule has 0 saturated carbocycles. The maximum Gasteiger partial charge on any atom is 0.323 e. The van der Waals surface area contributed by atoms with Crippen molar-refractivity contribution in [3.05, 3.63) is 61.4 Å². The van der Waals surface area contributed by atoms with E-state index >= 15 is 0 Å². The number of hydrogen-bond acceptors (Lipinski definition) is 2. The summed E-state index contributed by atoms with van der Waals surface area (Å²) >= 11 is 6.69. The van der Waals surface area contributed by atoms with Crippen LogP contribution in [0.15, 0.2) is 50.1 Å². The lowest BCUT2D eigenvalue weighted by molar-refractivity contribution is 0.102. The van der Waals surface area contributed by atoms with Gasteiger partial charge in [-0.2, -0.15) is 0 Å². The van der Waals surface area contributed by atoms with Crippen molar-refractivity contribution >= 4 is 54.5 Å². The fourth-order valence-electron chi connectivity index (χ4n) is 1.98. The van der Waals surface area contributed by atoms with Crippen molar-refractivity contribution in [1.29, 1.82) is 0 Å². The van der Waals surface area contributed by atoms with Gasteiger partial charge in [0, 0.05) is 14.6 Å². The Morgan fingerprint density at radius 1 is 1.00 bits per heavy atom. The summed E-state index contributed by atoms with van der Waals surface area (Å²) in [5.41, 5.74) is 2.19. The molecule has 1 amide bonds. The number of H-pyrrole nitrogens is 2. The standard InChI is InChI=1S/C14H9Br2N3O2/c15-7-1-3-10(16)9(5-7)13(20)17-8-2-4-11-12(6-8)19-14(21)18-11/h1-6H,(H,17,20)(H2,18,19,21). The van der Waals surface area contributed by atoms with Crippen LogP contribution < -0.4 is 11.0 Å². The van der Waals surface area contributed by atoms with E-state index in [1.54, 1.807) is 30.3 Å². The molecule has 0 bridgehead atoms. The second-order valence-electron chi connectivity index (χ2n) is 4.42. The molecular formula is C14H9Br2N3O2. The first-order chi connectivity index (χ1) is 10.0. The number of carbonyl (C=O) groups is 1. The third kappa shape index (κ3) is 2.93. The van der Waals surface area contributed by atoms with E-state index in [2.05, 4.69) is 47.1 Å². The Morgan fingerprint density at radius 2 is 1.76 bits per heavy atom.